The Morgan fingerprint density at radius 1 is 1.38 bits per heavy atom. The average Bonchev–Trinajstić information content (AvgIpc) is 2.90. The normalized spacial score (nSPS) is 10.8. The van der Waals surface area contributed by atoms with Gasteiger partial charge in [-0.15, -0.1) is 0 Å². The van der Waals surface area contributed by atoms with Crippen molar-refractivity contribution in [1.82, 2.24) is 20.2 Å². The highest BCUT2D eigenvalue weighted by atomic mass is 35.5. The maximum atomic E-state index is 13.8. The van der Waals surface area contributed by atoms with Crippen LogP contribution in [-0.4, -0.2) is 26.8 Å². The molecule has 0 saturated carbocycles. The highest BCUT2D eigenvalue weighted by Crippen LogP contribution is 2.26. The number of fused-ring (bicyclic) bond motifs is 1. The molecule has 21 heavy (non-hydrogen) atoms. The summed E-state index contributed by atoms with van der Waals surface area (Å²) in [6, 6.07) is 4.57. The highest BCUT2D eigenvalue weighted by Gasteiger charge is 2.10. The third-order valence-electron chi connectivity index (χ3n) is 2.78. The molecule has 2 heterocycles. The maximum Gasteiger partial charge on any atom is 0.226 e. The Morgan fingerprint density at radius 3 is 3.00 bits per heavy atom. The number of aromatic nitrogens is 4. The quantitative estimate of drug-likeness (QED) is 0.723. The summed E-state index contributed by atoms with van der Waals surface area (Å²) in [5, 5.41) is 10.3. The lowest BCUT2D eigenvalue weighted by Crippen LogP contribution is -1.99. The predicted octanol–water partition coefficient (Wildman–Crippen LogP) is 3.29. The Balaban J connectivity index is 1.95. The Labute approximate surface area is 124 Å². The molecule has 0 aliphatic carbocycles. The molecule has 1 aromatic carbocycles. The molecule has 2 aromatic heterocycles. The first-order chi connectivity index (χ1) is 10.2. The number of rotatable bonds is 4. The van der Waals surface area contributed by atoms with Crippen molar-refractivity contribution in [2.75, 3.05) is 11.9 Å². The van der Waals surface area contributed by atoms with Gasteiger partial charge in [0.25, 0.3) is 0 Å². The van der Waals surface area contributed by atoms with E-state index in [-0.39, 0.29) is 11.0 Å². The molecule has 0 bridgehead atoms. The first-order valence-corrected chi connectivity index (χ1v) is 6.61. The van der Waals surface area contributed by atoms with Gasteiger partial charge in [0.05, 0.1) is 18.2 Å². The molecule has 2 N–H and O–H groups in total. The maximum absolute atomic E-state index is 13.8. The molecular formula is C13H11ClFN5O. The summed E-state index contributed by atoms with van der Waals surface area (Å²) in [7, 11) is 0. The molecule has 108 valence electrons. The predicted molar refractivity (Wildman–Crippen MR) is 77.5 cm³/mol. The first kappa shape index (κ1) is 13.6. The standard InChI is InChI=1S/C13H11ClFN5O/c1-2-21-10-4-3-7(5-9(10)15)17-11-8-6-16-20-12(8)19-13(14)18-11/h3-6H,2H2,1H3,(H2,16,17,18,19,20). The van der Waals surface area contributed by atoms with E-state index in [9.17, 15) is 4.39 Å². The zero-order valence-corrected chi connectivity index (χ0v) is 11.8. The summed E-state index contributed by atoms with van der Waals surface area (Å²) in [6.45, 7) is 2.20. The van der Waals surface area contributed by atoms with Crippen LogP contribution in [0, 0.1) is 5.82 Å². The third kappa shape index (κ3) is 2.73. The molecule has 8 heteroatoms. The van der Waals surface area contributed by atoms with Crippen molar-refractivity contribution in [3.63, 3.8) is 0 Å². The van der Waals surface area contributed by atoms with Crippen molar-refractivity contribution in [2.45, 2.75) is 6.92 Å². The van der Waals surface area contributed by atoms with Gasteiger partial charge in [0.2, 0.25) is 5.28 Å². The van der Waals surface area contributed by atoms with Crippen LogP contribution in [0.3, 0.4) is 0 Å². The fourth-order valence-corrected chi connectivity index (χ4v) is 2.06. The van der Waals surface area contributed by atoms with Crippen molar-refractivity contribution in [1.29, 1.82) is 0 Å². The van der Waals surface area contributed by atoms with E-state index in [0.717, 1.165) is 0 Å². The van der Waals surface area contributed by atoms with Gasteiger partial charge in [-0.05, 0) is 30.7 Å². The zero-order chi connectivity index (χ0) is 14.8. The van der Waals surface area contributed by atoms with Crippen LogP contribution < -0.4 is 10.1 Å². The van der Waals surface area contributed by atoms with Crippen molar-refractivity contribution in [3.8, 4) is 5.75 Å². The Kier molecular flexibility index (Phi) is 3.57. The summed E-state index contributed by atoms with van der Waals surface area (Å²) >= 11 is 5.84. The van der Waals surface area contributed by atoms with Gasteiger partial charge in [-0.2, -0.15) is 15.1 Å². The Bertz CT molecular complexity index is 791. The third-order valence-corrected chi connectivity index (χ3v) is 2.95. The van der Waals surface area contributed by atoms with Gasteiger partial charge in [0.1, 0.15) is 5.82 Å². The molecule has 0 radical (unpaired) electrons. The number of hydrogen-bond donors (Lipinski definition) is 2. The van der Waals surface area contributed by atoms with Gasteiger partial charge in [-0.1, -0.05) is 0 Å². The van der Waals surface area contributed by atoms with Crippen molar-refractivity contribution >= 4 is 34.1 Å². The highest BCUT2D eigenvalue weighted by molar-refractivity contribution is 6.28. The molecule has 3 aromatic rings. The van der Waals surface area contributed by atoms with E-state index in [4.69, 9.17) is 16.3 Å². The zero-order valence-electron chi connectivity index (χ0n) is 11.0. The summed E-state index contributed by atoms with van der Waals surface area (Å²) in [5.74, 6) is 0.199. The fraction of sp³-hybridized carbons (Fsp3) is 0.154. The second-order valence-corrected chi connectivity index (χ2v) is 4.51. The lowest BCUT2D eigenvalue weighted by atomic mass is 10.2. The number of ether oxygens (including phenoxy) is 1. The molecule has 0 aliphatic rings. The fourth-order valence-electron chi connectivity index (χ4n) is 1.89. The number of hydrogen-bond acceptors (Lipinski definition) is 5. The van der Waals surface area contributed by atoms with E-state index in [0.29, 0.717) is 29.1 Å². The van der Waals surface area contributed by atoms with Gasteiger partial charge < -0.3 is 10.1 Å². The van der Waals surface area contributed by atoms with Crippen molar-refractivity contribution < 1.29 is 9.13 Å². The molecule has 0 aliphatic heterocycles. The van der Waals surface area contributed by atoms with E-state index in [2.05, 4.69) is 25.5 Å². The van der Waals surface area contributed by atoms with Crippen LogP contribution >= 0.6 is 11.6 Å². The first-order valence-electron chi connectivity index (χ1n) is 6.23. The number of nitrogens with zero attached hydrogens (tertiary/aromatic N) is 3. The molecule has 0 spiro atoms. The Hall–Kier alpha value is -2.41. The van der Waals surface area contributed by atoms with Gasteiger partial charge in [0.15, 0.2) is 17.2 Å². The van der Waals surface area contributed by atoms with Crippen LogP contribution in [0.1, 0.15) is 6.92 Å². The van der Waals surface area contributed by atoms with E-state index < -0.39 is 5.82 Å². The molecule has 0 atom stereocenters. The summed E-state index contributed by atoms with van der Waals surface area (Å²) in [4.78, 5) is 8.08. The number of H-pyrrole nitrogens is 1. The number of nitrogens with one attached hydrogen (secondary N) is 2. The summed E-state index contributed by atoms with van der Waals surface area (Å²) in [6.07, 6.45) is 1.57. The molecular weight excluding hydrogens is 297 g/mol. The van der Waals surface area contributed by atoms with Gasteiger partial charge in [-0.25, -0.2) is 4.39 Å². The number of halogens is 2. The van der Waals surface area contributed by atoms with E-state index in [1.54, 1.807) is 25.3 Å². The number of benzene rings is 1. The minimum Gasteiger partial charge on any atom is -0.491 e. The average molecular weight is 308 g/mol. The van der Waals surface area contributed by atoms with Crippen LogP contribution in [0.25, 0.3) is 11.0 Å². The van der Waals surface area contributed by atoms with Crippen LogP contribution in [-0.2, 0) is 0 Å². The topological polar surface area (TPSA) is 75.7 Å². The van der Waals surface area contributed by atoms with Crippen molar-refractivity contribution in [2.24, 2.45) is 0 Å². The Morgan fingerprint density at radius 2 is 2.24 bits per heavy atom. The molecule has 0 fully saturated rings. The van der Waals surface area contributed by atoms with Crippen LogP contribution in [0.15, 0.2) is 24.4 Å². The summed E-state index contributed by atoms with van der Waals surface area (Å²) in [5.41, 5.74) is 1.03. The monoisotopic (exact) mass is 307 g/mol. The molecule has 6 nitrogen and oxygen atoms in total. The van der Waals surface area contributed by atoms with E-state index in [1.807, 2.05) is 0 Å². The minimum atomic E-state index is -0.453. The number of anilines is 2. The van der Waals surface area contributed by atoms with E-state index >= 15 is 0 Å². The second-order valence-electron chi connectivity index (χ2n) is 4.18. The van der Waals surface area contributed by atoms with Gasteiger partial charge in [0, 0.05) is 11.8 Å². The molecule has 0 saturated heterocycles. The van der Waals surface area contributed by atoms with Crippen LogP contribution in [0.2, 0.25) is 5.28 Å². The second kappa shape index (κ2) is 5.53. The summed E-state index contributed by atoms with van der Waals surface area (Å²) < 4.78 is 19.0. The largest absolute Gasteiger partial charge is 0.491 e. The van der Waals surface area contributed by atoms with Crippen LogP contribution in [0.5, 0.6) is 5.75 Å². The smallest absolute Gasteiger partial charge is 0.226 e. The molecule has 3 rings (SSSR count). The number of aromatic amines is 1. The molecule has 0 amide bonds. The lowest BCUT2D eigenvalue weighted by molar-refractivity contribution is 0.321. The molecule has 0 unspecified atom stereocenters. The van der Waals surface area contributed by atoms with Gasteiger partial charge >= 0.3 is 0 Å². The van der Waals surface area contributed by atoms with Crippen LogP contribution in [0.4, 0.5) is 15.9 Å². The van der Waals surface area contributed by atoms with E-state index in [1.165, 1.54) is 6.07 Å². The lowest BCUT2D eigenvalue weighted by Gasteiger charge is -2.09. The minimum absolute atomic E-state index is 0.0701. The van der Waals surface area contributed by atoms with Crippen molar-refractivity contribution in [3.05, 3.63) is 35.5 Å². The van der Waals surface area contributed by atoms with Gasteiger partial charge in [-0.3, -0.25) is 5.10 Å². The SMILES string of the molecule is CCOc1ccc(Nc2nc(Cl)nc3[nH]ncc23)cc1F.